The fraction of sp³-hybridized carbons (Fsp3) is 0.647. The molecule has 0 fully saturated rings. The molecule has 0 radical (unpaired) electrons. The molecule has 1 aromatic carbocycles. The summed E-state index contributed by atoms with van der Waals surface area (Å²) in [6.07, 6.45) is -9.76. The summed E-state index contributed by atoms with van der Waals surface area (Å²) in [6, 6.07) is 4.81. The van der Waals surface area contributed by atoms with Crippen molar-refractivity contribution in [1.29, 1.82) is 0 Å². The number of halogens is 11. The molecule has 0 aliphatic heterocycles. The van der Waals surface area contributed by atoms with Crippen molar-refractivity contribution in [3.8, 4) is 0 Å². The maximum Gasteiger partial charge on any atom is 0.460 e. The highest BCUT2D eigenvalue weighted by molar-refractivity contribution is 5.30. The second-order valence-corrected chi connectivity index (χ2v) is 7.16. The summed E-state index contributed by atoms with van der Waals surface area (Å²) in [4.78, 5) is 0. The number of alkyl halides is 11. The second-order valence-electron chi connectivity index (χ2n) is 7.16. The smallest absolute Gasteiger partial charge is 0.385 e. The molecule has 0 amide bonds. The van der Waals surface area contributed by atoms with Gasteiger partial charge in [-0.05, 0) is 24.0 Å². The van der Waals surface area contributed by atoms with Gasteiger partial charge in [-0.2, -0.15) is 48.3 Å². The van der Waals surface area contributed by atoms with Gasteiger partial charge >= 0.3 is 29.9 Å². The van der Waals surface area contributed by atoms with E-state index in [4.69, 9.17) is 0 Å². The number of hydrogen-bond donors (Lipinski definition) is 1. The van der Waals surface area contributed by atoms with E-state index >= 15 is 0 Å². The molecular weight excluding hydrogens is 429 g/mol. The van der Waals surface area contributed by atoms with Crippen LogP contribution in [-0.4, -0.2) is 35.0 Å². The van der Waals surface area contributed by atoms with E-state index in [2.05, 4.69) is 0 Å². The van der Waals surface area contributed by atoms with Crippen LogP contribution >= 0.6 is 0 Å². The van der Waals surface area contributed by atoms with Crippen LogP contribution < -0.4 is 0 Å². The van der Waals surface area contributed by atoms with E-state index in [-0.39, 0.29) is 5.92 Å². The molecule has 0 spiro atoms. The summed E-state index contributed by atoms with van der Waals surface area (Å²) in [5.41, 5.74) is -2.96. The lowest BCUT2D eigenvalue weighted by molar-refractivity contribution is -0.424. The highest BCUT2D eigenvalue weighted by Gasteiger charge is 2.87. The molecule has 1 rings (SSSR count). The maximum absolute atomic E-state index is 14.0. The summed E-state index contributed by atoms with van der Waals surface area (Å²) < 4.78 is 144. The summed E-state index contributed by atoms with van der Waals surface area (Å²) in [7, 11) is 0. The minimum atomic E-state index is -7.49. The monoisotopic (exact) mass is 446 g/mol. The van der Waals surface area contributed by atoms with Crippen molar-refractivity contribution in [3.63, 3.8) is 0 Å². The van der Waals surface area contributed by atoms with Crippen molar-refractivity contribution in [3.05, 3.63) is 35.4 Å². The highest BCUT2D eigenvalue weighted by Crippen LogP contribution is 2.59. The van der Waals surface area contributed by atoms with Crippen LogP contribution in [0.3, 0.4) is 0 Å². The number of aliphatic hydroxyl groups is 1. The van der Waals surface area contributed by atoms with Crippen LogP contribution in [-0.2, 0) is 5.60 Å². The van der Waals surface area contributed by atoms with Gasteiger partial charge in [-0.1, -0.05) is 38.1 Å². The van der Waals surface area contributed by atoms with E-state index in [0.29, 0.717) is 12.5 Å². The molecule has 0 heterocycles. The minimum absolute atomic E-state index is 0.220. The Balaban J connectivity index is 3.37. The Morgan fingerprint density at radius 2 is 1.28 bits per heavy atom. The van der Waals surface area contributed by atoms with Gasteiger partial charge in [0.25, 0.3) is 0 Å². The summed E-state index contributed by atoms with van der Waals surface area (Å²) in [5, 5.41) is 10.2. The zero-order chi connectivity index (χ0) is 23.3. The molecule has 29 heavy (non-hydrogen) atoms. The van der Waals surface area contributed by atoms with Crippen LogP contribution in [0.1, 0.15) is 44.2 Å². The Morgan fingerprint density at radius 1 is 0.793 bits per heavy atom. The predicted octanol–water partition coefficient (Wildman–Crippen LogP) is 6.51. The van der Waals surface area contributed by atoms with Crippen molar-refractivity contribution in [2.75, 3.05) is 0 Å². The van der Waals surface area contributed by atoms with Crippen LogP contribution in [0.2, 0.25) is 0 Å². The van der Waals surface area contributed by atoms with E-state index in [1.807, 2.05) is 0 Å². The molecule has 0 aromatic heterocycles. The molecule has 0 aliphatic carbocycles. The first kappa shape index (κ1) is 25.4. The van der Waals surface area contributed by atoms with Crippen molar-refractivity contribution < 1.29 is 53.4 Å². The van der Waals surface area contributed by atoms with E-state index in [1.54, 1.807) is 13.8 Å². The van der Waals surface area contributed by atoms with Crippen molar-refractivity contribution in [2.45, 2.75) is 68.6 Å². The molecule has 12 heteroatoms. The SMILES string of the molecule is CC(C)c1cccc(C(C)(O)CC(F)(F)C(F)(F)C(F)(F)C(F)(F)C(F)(F)F)c1. The highest BCUT2D eigenvalue weighted by atomic mass is 19.4. The number of hydrogen-bond acceptors (Lipinski definition) is 1. The quantitative estimate of drug-likeness (QED) is 0.474. The third-order valence-corrected chi connectivity index (χ3v) is 4.35. The lowest BCUT2D eigenvalue weighted by atomic mass is 9.84. The van der Waals surface area contributed by atoms with Gasteiger partial charge in [-0.25, -0.2) is 0 Å². The fourth-order valence-electron chi connectivity index (χ4n) is 2.48. The minimum Gasteiger partial charge on any atom is -0.385 e. The molecule has 0 saturated heterocycles. The summed E-state index contributed by atoms with van der Waals surface area (Å²) in [6.45, 7) is 3.82. The largest absolute Gasteiger partial charge is 0.460 e. The Labute approximate surface area is 158 Å². The third kappa shape index (κ3) is 4.31. The van der Waals surface area contributed by atoms with Gasteiger partial charge in [0.2, 0.25) is 0 Å². The Hall–Kier alpha value is -1.59. The first-order chi connectivity index (χ1) is 12.6. The van der Waals surface area contributed by atoms with Gasteiger partial charge in [0, 0.05) is 0 Å². The summed E-state index contributed by atoms with van der Waals surface area (Å²) >= 11 is 0. The molecular formula is C17H17F11O. The lowest BCUT2D eigenvalue weighted by Crippen LogP contribution is -2.67. The zero-order valence-corrected chi connectivity index (χ0v) is 15.2. The standard InChI is InChI=1S/C17H17F11O/c1-9(2)10-5-4-6-11(7-10)12(3,29)8-13(18,19)14(20,21)15(22,23)16(24,25)17(26,27)28/h4-7,9,29H,8H2,1-3H3. The van der Waals surface area contributed by atoms with Crippen LogP contribution in [0.4, 0.5) is 48.3 Å². The van der Waals surface area contributed by atoms with Crippen molar-refractivity contribution in [2.24, 2.45) is 0 Å². The first-order valence-corrected chi connectivity index (χ1v) is 8.02. The van der Waals surface area contributed by atoms with Gasteiger partial charge < -0.3 is 5.11 Å². The lowest BCUT2D eigenvalue weighted by Gasteiger charge is -2.39. The molecule has 0 aliphatic rings. The molecule has 0 saturated carbocycles. The molecule has 0 bridgehead atoms. The molecule has 1 unspecified atom stereocenters. The Kier molecular flexibility index (Phi) is 6.38. The topological polar surface area (TPSA) is 20.2 Å². The summed E-state index contributed by atoms with van der Waals surface area (Å²) in [5.74, 6) is -28.4. The predicted molar refractivity (Wildman–Crippen MR) is 80.6 cm³/mol. The van der Waals surface area contributed by atoms with Crippen molar-refractivity contribution >= 4 is 0 Å². The molecule has 1 atom stereocenters. The van der Waals surface area contributed by atoms with Gasteiger partial charge in [0.1, 0.15) is 0 Å². The third-order valence-electron chi connectivity index (χ3n) is 4.35. The Bertz CT molecular complexity index is 720. The Morgan fingerprint density at radius 3 is 1.69 bits per heavy atom. The molecule has 168 valence electrons. The van der Waals surface area contributed by atoms with E-state index in [0.717, 1.165) is 12.1 Å². The molecule has 1 nitrogen and oxygen atoms in total. The van der Waals surface area contributed by atoms with Gasteiger partial charge in [0.05, 0.1) is 12.0 Å². The van der Waals surface area contributed by atoms with Crippen LogP contribution in [0.25, 0.3) is 0 Å². The van der Waals surface area contributed by atoms with Crippen LogP contribution in [0, 0.1) is 0 Å². The fourth-order valence-corrected chi connectivity index (χ4v) is 2.48. The molecule has 1 N–H and O–H groups in total. The van der Waals surface area contributed by atoms with Crippen LogP contribution in [0.5, 0.6) is 0 Å². The average molecular weight is 446 g/mol. The first-order valence-electron chi connectivity index (χ1n) is 8.02. The number of rotatable bonds is 7. The zero-order valence-electron chi connectivity index (χ0n) is 15.2. The van der Waals surface area contributed by atoms with E-state index in [1.165, 1.54) is 12.1 Å². The average Bonchev–Trinajstić information content (AvgIpc) is 2.52. The van der Waals surface area contributed by atoms with Gasteiger partial charge in [-0.15, -0.1) is 0 Å². The van der Waals surface area contributed by atoms with Gasteiger partial charge in [-0.3, -0.25) is 0 Å². The van der Waals surface area contributed by atoms with Crippen LogP contribution in [0.15, 0.2) is 24.3 Å². The normalized spacial score (nSPS) is 16.8. The molecule has 1 aromatic rings. The van der Waals surface area contributed by atoms with E-state index in [9.17, 15) is 53.4 Å². The van der Waals surface area contributed by atoms with Crippen molar-refractivity contribution in [1.82, 2.24) is 0 Å². The van der Waals surface area contributed by atoms with E-state index < -0.39 is 47.5 Å². The second kappa shape index (κ2) is 7.28. The maximum atomic E-state index is 14.0. The number of benzene rings is 1. The van der Waals surface area contributed by atoms with Gasteiger partial charge in [0.15, 0.2) is 0 Å².